The second kappa shape index (κ2) is 6.00. The highest BCUT2D eigenvalue weighted by atomic mass is 32.2. The van der Waals surface area contributed by atoms with Crippen molar-refractivity contribution in [1.82, 2.24) is 14.6 Å². The maximum Gasteiger partial charge on any atom is 0.419 e. The topological polar surface area (TPSA) is 93.3 Å². The maximum atomic E-state index is 12.2. The zero-order valence-electron chi connectivity index (χ0n) is 12.2. The van der Waals surface area contributed by atoms with E-state index in [1.54, 1.807) is 13.1 Å². The fourth-order valence-electron chi connectivity index (χ4n) is 1.93. The molecule has 0 saturated heterocycles. The second-order valence-electron chi connectivity index (χ2n) is 4.78. The summed E-state index contributed by atoms with van der Waals surface area (Å²) in [5.74, 6) is -0.487. The average Bonchev–Trinajstić information content (AvgIpc) is 2.78. The third kappa shape index (κ3) is 3.17. The van der Waals surface area contributed by atoms with Gasteiger partial charge in [0.15, 0.2) is 5.58 Å². The van der Waals surface area contributed by atoms with Gasteiger partial charge in [0.2, 0.25) is 10.0 Å². The minimum Gasteiger partial charge on any atom is -0.408 e. The van der Waals surface area contributed by atoms with Gasteiger partial charge in [0.1, 0.15) is 0 Å². The van der Waals surface area contributed by atoms with Gasteiger partial charge in [-0.15, -0.1) is 0 Å². The summed E-state index contributed by atoms with van der Waals surface area (Å²) in [6.45, 7) is 4.43. The number of fused-ring (bicyclic) bond motifs is 1. The maximum absolute atomic E-state index is 12.2. The molecule has 2 rings (SSSR count). The van der Waals surface area contributed by atoms with Crippen LogP contribution in [0.15, 0.2) is 32.3 Å². The molecule has 0 aliphatic heterocycles. The molecule has 1 aromatic carbocycles. The average molecular weight is 313 g/mol. The number of aryl methyl sites for hydroxylation is 1. The smallest absolute Gasteiger partial charge is 0.408 e. The number of benzene rings is 1. The lowest BCUT2D eigenvalue weighted by molar-refractivity contribution is 0.512. The van der Waals surface area contributed by atoms with Crippen LogP contribution in [-0.2, 0) is 16.6 Å². The summed E-state index contributed by atoms with van der Waals surface area (Å²) >= 11 is 0. The molecule has 0 amide bonds. The molecule has 0 fully saturated rings. The predicted molar refractivity (Wildman–Crippen MR) is 79.9 cm³/mol. The van der Waals surface area contributed by atoms with Crippen LogP contribution in [-0.4, -0.2) is 32.6 Å². The zero-order valence-corrected chi connectivity index (χ0v) is 13.0. The van der Waals surface area contributed by atoms with Gasteiger partial charge in [-0.2, -0.15) is 0 Å². The Morgan fingerprint density at radius 3 is 2.71 bits per heavy atom. The molecule has 1 heterocycles. The summed E-state index contributed by atoms with van der Waals surface area (Å²) in [5, 5.41) is 2.95. The summed E-state index contributed by atoms with van der Waals surface area (Å²) in [6, 6.07) is 4.44. The number of sulfonamides is 1. The summed E-state index contributed by atoms with van der Waals surface area (Å²) in [5.41, 5.74) is 0.858. The van der Waals surface area contributed by atoms with Crippen molar-refractivity contribution < 1.29 is 12.8 Å². The van der Waals surface area contributed by atoms with Gasteiger partial charge in [0.25, 0.3) is 0 Å². The molecular formula is C13H19N3O4S. The number of hydrogen-bond donors (Lipinski definition) is 2. The van der Waals surface area contributed by atoms with Crippen LogP contribution in [0.3, 0.4) is 0 Å². The summed E-state index contributed by atoms with van der Waals surface area (Å²) < 4.78 is 33.4. The van der Waals surface area contributed by atoms with E-state index in [0.29, 0.717) is 12.1 Å². The standard InChI is InChI=1S/C13H19N3O4S/c1-4-16-11-6-5-10(7-12(11)20-13(16)17)21(18,19)15-8-9(2)14-3/h5-7,9,14-15H,4,8H2,1-3H3. The Hall–Kier alpha value is -1.64. The zero-order chi connectivity index (χ0) is 15.6. The lowest BCUT2D eigenvalue weighted by Crippen LogP contribution is -2.37. The molecule has 116 valence electrons. The Morgan fingerprint density at radius 1 is 1.38 bits per heavy atom. The molecule has 8 heteroatoms. The fourth-order valence-corrected chi connectivity index (χ4v) is 3.08. The van der Waals surface area contributed by atoms with E-state index < -0.39 is 15.8 Å². The first-order valence-corrected chi connectivity index (χ1v) is 8.17. The Kier molecular flexibility index (Phi) is 4.50. The molecule has 0 saturated carbocycles. The molecule has 2 N–H and O–H groups in total. The molecule has 0 aliphatic carbocycles. The number of oxazole rings is 1. The van der Waals surface area contributed by atoms with Crippen molar-refractivity contribution in [3.05, 3.63) is 28.7 Å². The van der Waals surface area contributed by atoms with Crippen LogP contribution in [0, 0.1) is 0 Å². The van der Waals surface area contributed by atoms with Crippen molar-refractivity contribution in [3.63, 3.8) is 0 Å². The van der Waals surface area contributed by atoms with E-state index in [2.05, 4.69) is 10.0 Å². The Morgan fingerprint density at radius 2 is 2.10 bits per heavy atom. The predicted octanol–water partition coefficient (Wildman–Crippen LogP) is 0.501. The molecule has 0 aliphatic rings. The Balaban J connectivity index is 2.36. The van der Waals surface area contributed by atoms with Crippen LogP contribution in [0.5, 0.6) is 0 Å². The molecule has 7 nitrogen and oxygen atoms in total. The van der Waals surface area contributed by atoms with Crippen LogP contribution < -0.4 is 15.8 Å². The largest absolute Gasteiger partial charge is 0.419 e. The minimum atomic E-state index is -3.63. The SMILES string of the molecule is CCn1c(=O)oc2cc(S(=O)(=O)NCC(C)NC)ccc21. The van der Waals surface area contributed by atoms with Gasteiger partial charge in [-0.3, -0.25) is 4.57 Å². The number of nitrogens with zero attached hydrogens (tertiary/aromatic N) is 1. The van der Waals surface area contributed by atoms with E-state index in [1.165, 1.54) is 16.7 Å². The van der Waals surface area contributed by atoms with Crippen molar-refractivity contribution in [2.24, 2.45) is 0 Å². The molecule has 1 unspecified atom stereocenters. The Labute approximate surface area is 123 Å². The molecule has 0 bridgehead atoms. The van der Waals surface area contributed by atoms with Crippen molar-refractivity contribution in [1.29, 1.82) is 0 Å². The van der Waals surface area contributed by atoms with Gasteiger partial charge in [0.05, 0.1) is 10.4 Å². The lowest BCUT2D eigenvalue weighted by atomic mass is 10.3. The van der Waals surface area contributed by atoms with Crippen molar-refractivity contribution in [2.45, 2.75) is 31.3 Å². The van der Waals surface area contributed by atoms with Crippen molar-refractivity contribution in [2.75, 3.05) is 13.6 Å². The third-order valence-corrected chi connectivity index (χ3v) is 4.76. The molecule has 1 atom stereocenters. The van der Waals surface area contributed by atoms with E-state index in [0.717, 1.165) is 0 Å². The minimum absolute atomic E-state index is 0.0163. The molecule has 0 spiro atoms. The fraction of sp³-hybridized carbons (Fsp3) is 0.462. The van der Waals surface area contributed by atoms with Crippen LogP contribution in [0.25, 0.3) is 11.1 Å². The normalized spacial score (nSPS) is 13.7. The molecular weight excluding hydrogens is 294 g/mol. The van der Waals surface area contributed by atoms with E-state index in [-0.39, 0.29) is 23.1 Å². The summed E-state index contributed by atoms with van der Waals surface area (Å²) in [7, 11) is -1.87. The lowest BCUT2D eigenvalue weighted by Gasteiger charge is -2.11. The summed E-state index contributed by atoms with van der Waals surface area (Å²) in [4.78, 5) is 11.7. The van der Waals surface area contributed by atoms with Gasteiger partial charge in [0, 0.05) is 25.2 Å². The third-order valence-electron chi connectivity index (χ3n) is 3.34. The van der Waals surface area contributed by atoms with Gasteiger partial charge in [-0.1, -0.05) is 0 Å². The number of rotatable bonds is 6. The molecule has 2 aromatic rings. The first kappa shape index (κ1) is 15.7. The van der Waals surface area contributed by atoms with Crippen LogP contribution in [0.2, 0.25) is 0 Å². The van der Waals surface area contributed by atoms with Crippen molar-refractivity contribution in [3.8, 4) is 0 Å². The Bertz CT molecular complexity index is 791. The quantitative estimate of drug-likeness (QED) is 0.810. The number of aromatic nitrogens is 1. The second-order valence-corrected chi connectivity index (χ2v) is 6.55. The number of likely N-dealkylation sites (N-methyl/N-ethyl adjacent to an activating group) is 1. The van der Waals surface area contributed by atoms with Crippen LogP contribution in [0.4, 0.5) is 0 Å². The van der Waals surface area contributed by atoms with Gasteiger partial charge in [-0.05, 0) is 33.0 Å². The monoisotopic (exact) mass is 313 g/mol. The summed E-state index contributed by atoms with van der Waals surface area (Å²) in [6.07, 6.45) is 0. The highest BCUT2D eigenvalue weighted by Crippen LogP contribution is 2.18. The highest BCUT2D eigenvalue weighted by molar-refractivity contribution is 7.89. The number of hydrogen-bond acceptors (Lipinski definition) is 5. The van der Waals surface area contributed by atoms with Crippen LogP contribution in [0.1, 0.15) is 13.8 Å². The van der Waals surface area contributed by atoms with E-state index in [4.69, 9.17) is 4.42 Å². The van der Waals surface area contributed by atoms with E-state index in [9.17, 15) is 13.2 Å². The molecule has 1 aromatic heterocycles. The van der Waals surface area contributed by atoms with Crippen molar-refractivity contribution >= 4 is 21.1 Å². The van der Waals surface area contributed by atoms with E-state index >= 15 is 0 Å². The first-order chi connectivity index (χ1) is 9.89. The van der Waals surface area contributed by atoms with E-state index in [1.807, 2.05) is 13.8 Å². The number of nitrogens with one attached hydrogen (secondary N) is 2. The van der Waals surface area contributed by atoms with Crippen LogP contribution >= 0.6 is 0 Å². The van der Waals surface area contributed by atoms with Gasteiger partial charge in [-0.25, -0.2) is 17.9 Å². The first-order valence-electron chi connectivity index (χ1n) is 6.69. The molecule has 21 heavy (non-hydrogen) atoms. The highest BCUT2D eigenvalue weighted by Gasteiger charge is 2.17. The van der Waals surface area contributed by atoms with Gasteiger partial charge >= 0.3 is 5.76 Å². The van der Waals surface area contributed by atoms with Gasteiger partial charge < -0.3 is 9.73 Å². The molecule has 0 radical (unpaired) electrons.